The first-order valence-corrected chi connectivity index (χ1v) is 5.18. The molecule has 0 aliphatic heterocycles. The number of hydrogen-bond donors (Lipinski definition) is 1. The van der Waals surface area contributed by atoms with Gasteiger partial charge in [-0.05, 0) is 17.7 Å². The molecule has 6 heteroatoms. The van der Waals surface area contributed by atoms with E-state index in [-0.39, 0.29) is 11.6 Å². The maximum atomic E-state index is 13.2. The second-order valence-electron chi connectivity index (χ2n) is 3.46. The van der Waals surface area contributed by atoms with Crippen molar-refractivity contribution < 1.29 is 4.39 Å². The van der Waals surface area contributed by atoms with Crippen LogP contribution in [-0.4, -0.2) is 9.55 Å². The fourth-order valence-electron chi connectivity index (χ4n) is 1.42. The molecule has 0 spiro atoms. The number of hydrogen-bond acceptors (Lipinski definition) is 2. The van der Waals surface area contributed by atoms with E-state index in [1.807, 2.05) is 0 Å². The first-order valence-electron chi connectivity index (χ1n) is 4.80. The predicted molar refractivity (Wildman–Crippen MR) is 61.8 cm³/mol. The Kier molecular flexibility index (Phi) is 3.10. The zero-order valence-electron chi connectivity index (χ0n) is 8.61. The molecule has 2 aromatic rings. The fourth-order valence-corrected chi connectivity index (χ4v) is 1.54. The van der Waals surface area contributed by atoms with Crippen LogP contribution in [0.15, 0.2) is 40.1 Å². The van der Waals surface area contributed by atoms with Gasteiger partial charge in [0, 0.05) is 12.3 Å². The van der Waals surface area contributed by atoms with Crippen LogP contribution in [0.25, 0.3) is 0 Å². The number of nitrogens with zero attached hydrogens (tertiary/aromatic N) is 1. The lowest BCUT2D eigenvalue weighted by Gasteiger charge is -2.04. The van der Waals surface area contributed by atoms with Crippen molar-refractivity contribution in [3.05, 3.63) is 67.7 Å². The molecule has 1 N–H and O–H groups in total. The minimum absolute atomic E-state index is 0.00284. The summed E-state index contributed by atoms with van der Waals surface area (Å²) in [6.45, 7) is 0.00307. The Morgan fingerprint density at radius 2 is 2.06 bits per heavy atom. The fraction of sp³-hybridized carbons (Fsp3) is 0.0909. The minimum Gasteiger partial charge on any atom is -0.314 e. The Hall–Kier alpha value is -1.88. The van der Waals surface area contributed by atoms with Gasteiger partial charge in [-0.1, -0.05) is 17.7 Å². The molecule has 0 aliphatic carbocycles. The van der Waals surface area contributed by atoms with Crippen molar-refractivity contribution in [2.75, 3.05) is 0 Å². The highest BCUT2D eigenvalue weighted by Crippen LogP contribution is 2.15. The number of H-pyrrole nitrogens is 1. The van der Waals surface area contributed by atoms with Gasteiger partial charge in [0.05, 0.1) is 11.6 Å². The monoisotopic (exact) mass is 254 g/mol. The van der Waals surface area contributed by atoms with Crippen molar-refractivity contribution in [1.29, 1.82) is 0 Å². The van der Waals surface area contributed by atoms with Crippen LogP contribution in [-0.2, 0) is 6.54 Å². The number of aromatic nitrogens is 2. The van der Waals surface area contributed by atoms with Gasteiger partial charge >= 0.3 is 5.69 Å². The van der Waals surface area contributed by atoms with E-state index in [2.05, 4.69) is 4.98 Å². The molecular weight excluding hydrogens is 247 g/mol. The summed E-state index contributed by atoms with van der Waals surface area (Å²) in [6.07, 6.45) is 1.27. The van der Waals surface area contributed by atoms with Crippen LogP contribution in [0.2, 0.25) is 5.02 Å². The van der Waals surface area contributed by atoms with Gasteiger partial charge in [-0.3, -0.25) is 9.36 Å². The van der Waals surface area contributed by atoms with E-state index >= 15 is 0 Å². The Labute approximate surface area is 100 Å². The van der Waals surface area contributed by atoms with E-state index < -0.39 is 17.1 Å². The van der Waals surface area contributed by atoms with Crippen molar-refractivity contribution >= 4 is 11.6 Å². The molecule has 0 saturated carbocycles. The average molecular weight is 255 g/mol. The van der Waals surface area contributed by atoms with Crippen LogP contribution in [0, 0.1) is 5.82 Å². The lowest BCUT2D eigenvalue weighted by molar-refractivity contribution is 0.621. The summed E-state index contributed by atoms with van der Waals surface area (Å²) < 4.78 is 14.2. The molecule has 1 aromatic heterocycles. The van der Waals surface area contributed by atoms with Gasteiger partial charge in [-0.25, -0.2) is 9.18 Å². The van der Waals surface area contributed by atoms with E-state index in [1.165, 1.54) is 24.4 Å². The average Bonchev–Trinajstić information content (AvgIpc) is 2.28. The van der Waals surface area contributed by atoms with Crippen molar-refractivity contribution in [2.24, 2.45) is 0 Å². The van der Waals surface area contributed by atoms with E-state index in [9.17, 15) is 14.0 Å². The standard InChI is InChI=1S/C11H8ClFN2O2/c12-8-2-1-7(5-9(8)13)6-15-10(16)3-4-14-11(15)17/h1-5H,6H2,(H,14,17). The highest BCUT2D eigenvalue weighted by molar-refractivity contribution is 6.30. The zero-order valence-corrected chi connectivity index (χ0v) is 9.37. The molecule has 0 bridgehead atoms. The van der Waals surface area contributed by atoms with E-state index in [0.717, 1.165) is 4.57 Å². The van der Waals surface area contributed by atoms with Crippen molar-refractivity contribution in [3.63, 3.8) is 0 Å². The van der Waals surface area contributed by atoms with Crippen molar-refractivity contribution in [3.8, 4) is 0 Å². The van der Waals surface area contributed by atoms with Crippen LogP contribution in [0.3, 0.4) is 0 Å². The molecule has 2 rings (SSSR count). The van der Waals surface area contributed by atoms with Crippen molar-refractivity contribution in [2.45, 2.75) is 6.54 Å². The minimum atomic E-state index is -0.579. The van der Waals surface area contributed by atoms with Crippen LogP contribution < -0.4 is 11.2 Å². The van der Waals surface area contributed by atoms with Gasteiger partial charge < -0.3 is 4.98 Å². The molecule has 17 heavy (non-hydrogen) atoms. The lowest BCUT2D eigenvalue weighted by Crippen LogP contribution is -2.34. The molecule has 0 radical (unpaired) electrons. The summed E-state index contributed by atoms with van der Waals surface area (Å²) in [5.74, 6) is -0.579. The maximum Gasteiger partial charge on any atom is 0.328 e. The van der Waals surface area contributed by atoms with Gasteiger partial charge in [0.1, 0.15) is 5.82 Å². The summed E-state index contributed by atoms with van der Waals surface area (Å²) in [6, 6.07) is 5.37. The molecule has 0 fully saturated rings. The molecule has 4 nitrogen and oxygen atoms in total. The smallest absolute Gasteiger partial charge is 0.314 e. The van der Waals surface area contributed by atoms with Gasteiger partial charge in [0.2, 0.25) is 0 Å². The predicted octanol–water partition coefficient (Wildman–Crippen LogP) is 1.38. The van der Waals surface area contributed by atoms with E-state index in [0.29, 0.717) is 5.56 Å². The zero-order chi connectivity index (χ0) is 12.4. The number of nitrogens with one attached hydrogen (secondary N) is 1. The van der Waals surface area contributed by atoms with Gasteiger partial charge in [-0.2, -0.15) is 0 Å². The largest absolute Gasteiger partial charge is 0.328 e. The molecular formula is C11H8ClFN2O2. The lowest BCUT2D eigenvalue weighted by atomic mass is 10.2. The maximum absolute atomic E-state index is 13.2. The number of rotatable bonds is 2. The van der Waals surface area contributed by atoms with Crippen LogP contribution in [0.5, 0.6) is 0 Å². The van der Waals surface area contributed by atoms with Crippen LogP contribution in [0.4, 0.5) is 4.39 Å². The quantitative estimate of drug-likeness (QED) is 0.880. The summed E-state index contributed by atoms with van der Waals surface area (Å²) >= 11 is 5.53. The molecule has 1 heterocycles. The highest BCUT2D eigenvalue weighted by Gasteiger charge is 2.04. The summed E-state index contributed by atoms with van der Waals surface area (Å²) in [7, 11) is 0. The molecule has 0 aliphatic rings. The molecule has 0 unspecified atom stereocenters. The first-order chi connectivity index (χ1) is 8.08. The highest BCUT2D eigenvalue weighted by atomic mass is 35.5. The van der Waals surface area contributed by atoms with Gasteiger partial charge in [0.15, 0.2) is 0 Å². The second kappa shape index (κ2) is 4.55. The van der Waals surface area contributed by atoms with Crippen molar-refractivity contribution in [1.82, 2.24) is 9.55 Å². The number of benzene rings is 1. The summed E-state index contributed by atoms with van der Waals surface area (Å²) in [5.41, 5.74) is -0.484. The Bertz CT molecular complexity index is 635. The van der Waals surface area contributed by atoms with E-state index in [4.69, 9.17) is 11.6 Å². The Balaban J connectivity index is 2.42. The third kappa shape index (κ3) is 2.45. The normalized spacial score (nSPS) is 10.5. The molecule has 0 atom stereocenters. The molecule has 0 amide bonds. The number of aromatic amines is 1. The van der Waals surface area contributed by atoms with Crippen LogP contribution >= 0.6 is 11.6 Å². The topological polar surface area (TPSA) is 54.9 Å². The molecule has 1 aromatic carbocycles. The number of halogens is 2. The first kappa shape index (κ1) is 11.6. The third-order valence-electron chi connectivity index (χ3n) is 2.27. The Morgan fingerprint density at radius 1 is 1.29 bits per heavy atom. The summed E-state index contributed by atoms with van der Waals surface area (Å²) in [4.78, 5) is 25.2. The summed E-state index contributed by atoms with van der Waals surface area (Å²) in [5, 5.41) is 0.00284. The molecule has 88 valence electrons. The molecule has 0 saturated heterocycles. The van der Waals surface area contributed by atoms with Gasteiger partial charge in [-0.15, -0.1) is 0 Å². The van der Waals surface area contributed by atoms with E-state index in [1.54, 1.807) is 6.07 Å². The van der Waals surface area contributed by atoms with Crippen LogP contribution in [0.1, 0.15) is 5.56 Å². The Morgan fingerprint density at radius 3 is 2.71 bits per heavy atom. The van der Waals surface area contributed by atoms with Gasteiger partial charge in [0.25, 0.3) is 5.56 Å². The third-order valence-corrected chi connectivity index (χ3v) is 2.58. The second-order valence-corrected chi connectivity index (χ2v) is 3.86. The SMILES string of the molecule is O=c1cc[nH]c(=O)n1Cc1ccc(Cl)c(F)c1.